The van der Waals surface area contributed by atoms with Gasteiger partial charge in [-0.1, -0.05) is 30.3 Å². The molecule has 0 aliphatic heterocycles. The largest absolute Gasteiger partial charge is 0.465 e. The molecule has 0 saturated heterocycles. The van der Waals surface area contributed by atoms with Crippen LogP contribution >= 0.6 is 0 Å². The Morgan fingerprint density at radius 2 is 1.91 bits per heavy atom. The Morgan fingerprint density at radius 1 is 1.26 bits per heavy atom. The number of carbonyl (C=O) groups excluding carboxylic acids is 1. The van der Waals surface area contributed by atoms with E-state index in [1.165, 1.54) is 0 Å². The van der Waals surface area contributed by atoms with Crippen molar-refractivity contribution in [3.63, 3.8) is 0 Å². The molecule has 0 aliphatic carbocycles. The molecule has 4 N–H and O–H groups in total. The Morgan fingerprint density at radius 3 is 2.48 bits per heavy atom. The van der Waals surface area contributed by atoms with Crippen molar-refractivity contribution >= 4 is 12.2 Å². The first-order valence-electron chi connectivity index (χ1n) is 7.43. The standard InChI is InChI=1S/C16H24N2O5/c1-16(2,9-8-12-6-4-3-5-7-12)23-15(22)17-10-13(11-19)18-14(20)21/h3-7,13,18-19H,8-11H2,1-2H3,(H,17,22)(H,20,21)/t13-/m0/s1. The van der Waals surface area contributed by atoms with Crippen molar-refractivity contribution in [2.75, 3.05) is 13.2 Å². The molecule has 7 nitrogen and oxygen atoms in total. The molecule has 0 radical (unpaired) electrons. The third kappa shape index (κ3) is 8.06. The number of carboxylic acid groups (broad SMARTS) is 1. The zero-order chi connectivity index (χ0) is 17.3. The van der Waals surface area contributed by atoms with Gasteiger partial charge in [0.05, 0.1) is 12.6 Å². The predicted octanol–water partition coefficient (Wildman–Crippen LogP) is 1.75. The number of ether oxygens (including phenoxy) is 1. The molecule has 0 bridgehead atoms. The van der Waals surface area contributed by atoms with Crippen LogP contribution in [0.15, 0.2) is 30.3 Å². The first-order valence-corrected chi connectivity index (χ1v) is 7.43. The second-order valence-electron chi connectivity index (χ2n) is 5.84. The van der Waals surface area contributed by atoms with Crippen molar-refractivity contribution in [1.82, 2.24) is 10.6 Å². The van der Waals surface area contributed by atoms with Crippen LogP contribution in [0.2, 0.25) is 0 Å². The summed E-state index contributed by atoms with van der Waals surface area (Å²) in [6, 6.07) is 9.12. The monoisotopic (exact) mass is 324 g/mol. The van der Waals surface area contributed by atoms with Crippen LogP contribution in [-0.4, -0.2) is 47.2 Å². The van der Waals surface area contributed by atoms with Gasteiger partial charge in [0.2, 0.25) is 0 Å². The summed E-state index contributed by atoms with van der Waals surface area (Å²) in [5.41, 5.74) is 0.505. The van der Waals surface area contributed by atoms with E-state index in [2.05, 4.69) is 10.6 Å². The van der Waals surface area contributed by atoms with E-state index in [-0.39, 0.29) is 6.54 Å². The maximum absolute atomic E-state index is 11.8. The Labute approximate surface area is 135 Å². The second-order valence-corrected chi connectivity index (χ2v) is 5.84. The van der Waals surface area contributed by atoms with E-state index < -0.39 is 30.4 Å². The number of nitrogens with one attached hydrogen (secondary N) is 2. The number of benzene rings is 1. The van der Waals surface area contributed by atoms with Crippen LogP contribution in [0.3, 0.4) is 0 Å². The van der Waals surface area contributed by atoms with Crippen LogP contribution < -0.4 is 10.6 Å². The van der Waals surface area contributed by atoms with Crippen LogP contribution in [0.25, 0.3) is 0 Å². The molecule has 7 heteroatoms. The predicted molar refractivity (Wildman–Crippen MR) is 85.4 cm³/mol. The Kier molecular flexibility index (Phi) is 7.34. The van der Waals surface area contributed by atoms with E-state index in [4.69, 9.17) is 14.9 Å². The molecule has 0 aromatic heterocycles. The van der Waals surface area contributed by atoms with Gasteiger partial charge in [0, 0.05) is 6.54 Å². The van der Waals surface area contributed by atoms with Gasteiger partial charge in [-0.25, -0.2) is 9.59 Å². The van der Waals surface area contributed by atoms with E-state index in [1.807, 2.05) is 44.2 Å². The molecule has 2 amide bonds. The third-order valence-electron chi connectivity index (χ3n) is 3.27. The minimum absolute atomic E-state index is 0.0452. The Bertz CT molecular complexity index is 504. The van der Waals surface area contributed by atoms with Gasteiger partial charge in [-0.05, 0) is 32.3 Å². The van der Waals surface area contributed by atoms with Crippen LogP contribution in [-0.2, 0) is 11.2 Å². The summed E-state index contributed by atoms with van der Waals surface area (Å²) < 4.78 is 5.35. The lowest BCUT2D eigenvalue weighted by molar-refractivity contribution is 0.0322. The van der Waals surface area contributed by atoms with E-state index in [0.717, 1.165) is 12.0 Å². The number of hydrogen-bond acceptors (Lipinski definition) is 4. The van der Waals surface area contributed by atoms with Gasteiger partial charge in [-0.2, -0.15) is 0 Å². The van der Waals surface area contributed by atoms with Gasteiger partial charge >= 0.3 is 12.2 Å². The highest BCUT2D eigenvalue weighted by atomic mass is 16.6. The normalized spacial score (nSPS) is 12.3. The van der Waals surface area contributed by atoms with E-state index >= 15 is 0 Å². The lowest BCUT2D eigenvalue weighted by atomic mass is 9.99. The number of alkyl carbamates (subject to hydrolysis) is 1. The average Bonchev–Trinajstić information content (AvgIpc) is 2.50. The summed E-state index contributed by atoms with van der Waals surface area (Å²) in [6.07, 6.45) is -0.474. The van der Waals surface area contributed by atoms with Gasteiger partial charge in [0.1, 0.15) is 5.60 Å². The smallest absolute Gasteiger partial charge is 0.407 e. The van der Waals surface area contributed by atoms with Crippen LogP contribution in [0.1, 0.15) is 25.8 Å². The number of aliphatic hydroxyl groups excluding tert-OH is 1. The summed E-state index contributed by atoms with van der Waals surface area (Å²) in [4.78, 5) is 22.3. The molecule has 0 heterocycles. The number of amides is 2. The van der Waals surface area contributed by atoms with Gasteiger partial charge in [0.15, 0.2) is 0 Å². The number of hydrogen-bond donors (Lipinski definition) is 4. The quantitative estimate of drug-likeness (QED) is 0.583. The van der Waals surface area contributed by atoms with Crippen molar-refractivity contribution in [3.05, 3.63) is 35.9 Å². The van der Waals surface area contributed by atoms with Crippen molar-refractivity contribution in [1.29, 1.82) is 0 Å². The number of aryl methyl sites for hydroxylation is 1. The van der Waals surface area contributed by atoms with E-state index in [1.54, 1.807) is 0 Å². The van der Waals surface area contributed by atoms with Gasteiger partial charge in [-0.15, -0.1) is 0 Å². The maximum Gasteiger partial charge on any atom is 0.407 e. The third-order valence-corrected chi connectivity index (χ3v) is 3.27. The number of rotatable bonds is 8. The minimum Gasteiger partial charge on any atom is -0.465 e. The molecular formula is C16H24N2O5. The molecule has 1 aromatic rings. The van der Waals surface area contributed by atoms with Crippen LogP contribution in [0, 0.1) is 0 Å². The highest BCUT2D eigenvalue weighted by Gasteiger charge is 2.23. The van der Waals surface area contributed by atoms with E-state index in [0.29, 0.717) is 6.42 Å². The molecule has 0 saturated carbocycles. The topological polar surface area (TPSA) is 108 Å². The van der Waals surface area contributed by atoms with Gasteiger partial charge in [-0.3, -0.25) is 0 Å². The zero-order valence-corrected chi connectivity index (χ0v) is 13.4. The van der Waals surface area contributed by atoms with Crippen molar-refractivity contribution in [2.24, 2.45) is 0 Å². The van der Waals surface area contributed by atoms with Crippen LogP contribution in [0.5, 0.6) is 0 Å². The molecule has 128 valence electrons. The average molecular weight is 324 g/mol. The van der Waals surface area contributed by atoms with Gasteiger partial charge in [0.25, 0.3) is 0 Å². The van der Waals surface area contributed by atoms with Gasteiger partial charge < -0.3 is 25.6 Å². The molecule has 1 aromatic carbocycles. The molecular weight excluding hydrogens is 300 g/mol. The zero-order valence-electron chi connectivity index (χ0n) is 13.4. The first-order chi connectivity index (χ1) is 10.8. The summed E-state index contributed by atoms with van der Waals surface area (Å²) in [6.45, 7) is 3.17. The molecule has 0 fully saturated rings. The fraction of sp³-hybridized carbons (Fsp3) is 0.500. The summed E-state index contributed by atoms with van der Waals surface area (Å²) in [7, 11) is 0. The fourth-order valence-corrected chi connectivity index (χ4v) is 1.97. The molecule has 0 spiro atoms. The molecule has 0 aliphatic rings. The highest BCUT2D eigenvalue weighted by Crippen LogP contribution is 2.18. The first kappa shape index (κ1) is 18.8. The SMILES string of the molecule is CC(C)(CCc1ccccc1)OC(=O)NC[C@@H](CO)NC(=O)O. The molecule has 1 rings (SSSR count). The van der Waals surface area contributed by atoms with E-state index in [9.17, 15) is 9.59 Å². The molecule has 1 atom stereocenters. The lowest BCUT2D eigenvalue weighted by Gasteiger charge is -2.26. The lowest BCUT2D eigenvalue weighted by Crippen LogP contribution is -2.46. The van der Waals surface area contributed by atoms with Crippen LogP contribution in [0.4, 0.5) is 9.59 Å². The highest BCUT2D eigenvalue weighted by molar-refractivity contribution is 5.68. The number of aliphatic hydroxyl groups is 1. The second kappa shape index (κ2) is 8.99. The Balaban J connectivity index is 2.37. The summed E-state index contributed by atoms with van der Waals surface area (Å²) >= 11 is 0. The summed E-state index contributed by atoms with van der Waals surface area (Å²) in [5.74, 6) is 0. The number of carbonyl (C=O) groups is 2. The van der Waals surface area contributed by atoms with Crippen molar-refractivity contribution in [3.8, 4) is 0 Å². The fourth-order valence-electron chi connectivity index (χ4n) is 1.97. The molecule has 0 unspecified atom stereocenters. The maximum atomic E-state index is 11.8. The molecule has 23 heavy (non-hydrogen) atoms. The summed E-state index contributed by atoms with van der Waals surface area (Å²) in [5, 5.41) is 22.1. The van der Waals surface area contributed by atoms with Crippen molar-refractivity contribution < 1.29 is 24.5 Å². The van der Waals surface area contributed by atoms with Crippen molar-refractivity contribution in [2.45, 2.75) is 38.3 Å². The Hall–Kier alpha value is -2.28. The minimum atomic E-state index is -1.26.